The van der Waals surface area contributed by atoms with Crippen molar-refractivity contribution in [2.24, 2.45) is 0 Å². The summed E-state index contributed by atoms with van der Waals surface area (Å²) < 4.78 is 48.3. The second-order valence-corrected chi connectivity index (χ2v) is 14.9. The minimum Gasteiger partial charge on any atom is -0.451 e. The lowest BCUT2D eigenvalue weighted by Crippen LogP contribution is -2.39. The minimum absolute atomic E-state index is 0.00840. The number of nitrogens with zero attached hydrogens (tertiary/aromatic N) is 7. The van der Waals surface area contributed by atoms with E-state index in [0.29, 0.717) is 35.0 Å². The van der Waals surface area contributed by atoms with Gasteiger partial charge in [0.25, 0.3) is 0 Å². The number of aliphatic hydroxyl groups excluding tert-OH is 2. The number of carbonyl (C=O) groups excluding carboxylic acids is 1. The third kappa shape index (κ3) is 8.54. The van der Waals surface area contributed by atoms with E-state index < -0.39 is 36.4 Å². The fourth-order valence-electron chi connectivity index (χ4n) is 8.09. The molecule has 58 heavy (non-hydrogen) atoms. The van der Waals surface area contributed by atoms with Gasteiger partial charge in [-0.25, -0.2) is 9.78 Å². The van der Waals surface area contributed by atoms with Crippen LogP contribution in [0.5, 0.6) is 0 Å². The van der Waals surface area contributed by atoms with Crippen LogP contribution in [0.1, 0.15) is 59.5 Å². The number of fused-ring (bicyclic) bond motifs is 1. The summed E-state index contributed by atoms with van der Waals surface area (Å²) in [6.07, 6.45) is -2.53. The van der Waals surface area contributed by atoms with E-state index in [1.807, 2.05) is 54.6 Å². The Kier molecular flexibility index (Phi) is 11.4. The van der Waals surface area contributed by atoms with E-state index in [-0.39, 0.29) is 25.0 Å². The summed E-state index contributed by atoms with van der Waals surface area (Å²) in [6, 6.07) is 28.7. The summed E-state index contributed by atoms with van der Waals surface area (Å²) in [5.74, 6) is -1.71. The van der Waals surface area contributed by atoms with Gasteiger partial charge in [0.15, 0.2) is 23.1 Å². The van der Waals surface area contributed by atoms with Crippen molar-refractivity contribution in [2.45, 2.75) is 74.8 Å². The van der Waals surface area contributed by atoms with Gasteiger partial charge in [-0.1, -0.05) is 91.0 Å². The van der Waals surface area contributed by atoms with Gasteiger partial charge in [-0.3, -0.25) is 9.58 Å². The number of rotatable bonds is 13. The van der Waals surface area contributed by atoms with Gasteiger partial charge in [0.2, 0.25) is 5.95 Å². The van der Waals surface area contributed by atoms with Crippen LogP contribution in [-0.4, -0.2) is 94.4 Å². The molecular weight excluding hydrogens is 752 g/mol. The molecular formula is C42H44F3N9O4. The Labute approximate surface area is 332 Å². The highest BCUT2D eigenvalue weighted by molar-refractivity contribution is 5.84. The molecule has 8 rings (SSSR count). The molecule has 0 spiro atoms. The first-order valence-electron chi connectivity index (χ1n) is 19.4. The van der Waals surface area contributed by atoms with E-state index in [4.69, 9.17) is 14.7 Å². The Hall–Kier alpha value is -5.84. The number of aliphatic hydroxyl groups is 2. The highest BCUT2D eigenvalue weighted by Crippen LogP contribution is 2.42. The van der Waals surface area contributed by atoms with Crippen molar-refractivity contribution in [3.63, 3.8) is 0 Å². The molecule has 16 heteroatoms. The van der Waals surface area contributed by atoms with E-state index in [9.17, 15) is 28.2 Å². The van der Waals surface area contributed by atoms with Crippen LogP contribution in [0.4, 0.5) is 24.9 Å². The molecule has 0 radical (unpaired) electrons. The molecule has 4 atom stereocenters. The molecule has 3 aromatic carbocycles. The van der Waals surface area contributed by atoms with Crippen molar-refractivity contribution in [1.82, 2.24) is 34.2 Å². The fourth-order valence-corrected chi connectivity index (χ4v) is 8.09. The van der Waals surface area contributed by atoms with Crippen molar-refractivity contribution in [3.05, 3.63) is 132 Å². The Morgan fingerprint density at radius 2 is 1.55 bits per heavy atom. The summed E-state index contributed by atoms with van der Waals surface area (Å²) in [6.45, 7) is 2.68. The molecule has 3 aromatic heterocycles. The van der Waals surface area contributed by atoms with Gasteiger partial charge < -0.3 is 30.2 Å². The molecule has 4 N–H and O–H groups in total. The average molecular weight is 796 g/mol. The van der Waals surface area contributed by atoms with Crippen LogP contribution < -0.4 is 10.6 Å². The van der Waals surface area contributed by atoms with Crippen LogP contribution in [0.3, 0.4) is 0 Å². The average Bonchev–Trinajstić information content (AvgIpc) is 3.97. The van der Waals surface area contributed by atoms with Crippen LogP contribution >= 0.6 is 0 Å². The molecule has 1 aliphatic carbocycles. The molecule has 1 aliphatic heterocycles. The van der Waals surface area contributed by atoms with Gasteiger partial charge in [-0.05, 0) is 36.0 Å². The monoisotopic (exact) mass is 795 g/mol. The Morgan fingerprint density at radius 3 is 2.17 bits per heavy atom. The van der Waals surface area contributed by atoms with Crippen molar-refractivity contribution in [2.75, 3.05) is 30.3 Å². The molecule has 2 aliphatic rings. The van der Waals surface area contributed by atoms with Gasteiger partial charge >= 0.3 is 12.1 Å². The van der Waals surface area contributed by atoms with Gasteiger partial charge in [-0.2, -0.15) is 28.2 Å². The minimum atomic E-state index is -5.28. The zero-order valence-electron chi connectivity index (χ0n) is 31.5. The standard InChI is InChI=1S/C42H44F3N9O4/c43-42(44,45)40(57)58-37-34(54-24-28(25-55)21-48-54)20-33(36(37)56)53-26-47-35-38(46-22-32(29-12-6-2-7-13-29)30-14-8-3-9-15-30)50-41(51-39(35)53)49-31-16-18-52(19-17-31)23-27-10-4-1-5-11-27/h1-15,21,24,26,31-34,36-37,55-56H,16-20,22-23,25H2,(H2,46,49,50,51)/t33-,34?,36+,37+/m1/s1. The lowest BCUT2D eigenvalue weighted by Gasteiger charge is -2.32. The van der Waals surface area contributed by atoms with E-state index in [0.717, 1.165) is 43.6 Å². The zero-order chi connectivity index (χ0) is 40.2. The molecule has 0 amide bonds. The maximum absolute atomic E-state index is 13.5. The van der Waals surface area contributed by atoms with Gasteiger partial charge in [0.1, 0.15) is 6.10 Å². The number of alkyl halides is 3. The van der Waals surface area contributed by atoms with Crippen molar-refractivity contribution in [3.8, 4) is 0 Å². The number of hydrogen-bond acceptors (Lipinski definition) is 11. The molecule has 0 bridgehead atoms. The van der Waals surface area contributed by atoms with E-state index >= 15 is 0 Å². The fraction of sp³-hybridized carbons (Fsp3) is 0.357. The molecule has 302 valence electrons. The third-order valence-corrected chi connectivity index (χ3v) is 11.1. The van der Waals surface area contributed by atoms with Crippen LogP contribution in [-0.2, 0) is 22.7 Å². The van der Waals surface area contributed by atoms with E-state index in [2.05, 4.69) is 62.0 Å². The van der Waals surface area contributed by atoms with Gasteiger partial charge in [-0.15, -0.1) is 0 Å². The lowest BCUT2D eigenvalue weighted by atomic mass is 9.91. The normalized spacial score (nSPS) is 20.4. The SMILES string of the molecule is O=C(O[C@H]1C(n2cc(CO)cn2)C[C@@H](n2cnc3c(NCC(c4ccccc4)c4ccccc4)nc(NC4CCN(Cc5ccccc5)CC4)nc32)[C@@H]1O)C(F)(F)F. The van der Waals surface area contributed by atoms with Crippen LogP contribution in [0.2, 0.25) is 0 Å². The van der Waals surface area contributed by atoms with Gasteiger partial charge in [0, 0.05) is 49.9 Å². The Bertz CT molecular complexity index is 2240. The first kappa shape index (κ1) is 39.0. The molecule has 2 fully saturated rings. The number of carbonyl (C=O) groups is 1. The van der Waals surface area contributed by atoms with Crippen molar-refractivity contribution < 1.29 is 32.9 Å². The number of nitrogens with one attached hydrogen (secondary N) is 2. The van der Waals surface area contributed by atoms with Crippen LogP contribution in [0.25, 0.3) is 11.2 Å². The zero-order valence-corrected chi connectivity index (χ0v) is 31.5. The second-order valence-electron chi connectivity index (χ2n) is 14.9. The number of piperidine rings is 1. The summed E-state index contributed by atoms with van der Waals surface area (Å²) in [7, 11) is 0. The molecule has 1 saturated heterocycles. The van der Waals surface area contributed by atoms with Crippen molar-refractivity contribution in [1.29, 1.82) is 0 Å². The van der Waals surface area contributed by atoms with Crippen LogP contribution in [0, 0.1) is 0 Å². The van der Waals surface area contributed by atoms with E-state index in [1.54, 1.807) is 4.57 Å². The lowest BCUT2D eigenvalue weighted by molar-refractivity contribution is -0.210. The second kappa shape index (κ2) is 16.9. The summed E-state index contributed by atoms with van der Waals surface area (Å²) >= 11 is 0. The first-order valence-corrected chi connectivity index (χ1v) is 19.4. The highest BCUT2D eigenvalue weighted by Gasteiger charge is 2.51. The number of esters is 1. The summed E-state index contributed by atoms with van der Waals surface area (Å²) in [4.78, 5) is 29.1. The Balaban J connectivity index is 1.12. The number of benzene rings is 3. The number of aromatic nitrogens is 6. The van der Waals surface area contributed by atoms with Crippen LogP contribution in [0.15, 0.2) is 110 Å². The number of likely N-dealkylation sites (tertiary alicyclic amines) is 1. The number of imidazole rings is 1. The summed E-state index contributed by atoms with van der Waals surface area (Å²) in [5.41, 5.74) is 4.58. The number of hydrogen-bond donors (Lipinski definition) is 4. The molecule has 1 unspecified atom stereocenters. The number of anilines is 2. The summed E-state index contributed by atoms with van der Waals surface area (Å²) in [5, 5.41) is 32.6. The molecule has 4 heterocycles. The number of ether oxygens (including phenoxy) is 1. The quantitative estimate of drug-likeness (QED) is 0.104. The topological polar surface area (TPSA) is 155 Å². The Morgan fingerprint density at radius 1 is 0.897 bits per heavy atom. The molecule has 13 nitrogen and oxygen atoms in total. The van der Waals surface area contributed by atoms with Crippen molar-refractivity contribution >= 4 is 28.9 Å². The van der Waals surface area contributed by atoms with E-state index in [1.165, 1.54) is 29.0 Å². The predicted molar refractivity (Wildman–Crippen MR) is 210 cm³/mol. The number of halogens is 3. The third-order valence-electron chi connectivity index (χ3n) is 11.1. The maximum Gasteiger partial charge on any atom is 0.490 e. The largest absolute Gasteiger partial charge is 0.490 e. The smallest absolute Gasteiger partial charge is 0.451 e. The predicted octanol–water partition coefficient (Wildman–Crippen LogP) is 5.86. The highest BCUT2D eigenvalue weighted by atomic mass is 19.4. The molecule has 1 saturated carbocycles. The van der Waals surface area contributed by atoms with Gasteiger partial charge in [0.05, 0.1) is 31.2 Å². The molecule has 6 aromatic rings. The first-order chi connectivity index (χ1) is 28.1. The maximum atomic E-state index is 13.5.